The number of nitrogens with zero attached hydrogens (tertiary/aromatic N) is 5. The molecular weight excluding hydrogens is 671 g/mol. The van der Waals surface area contributed by atoms with E-state index in [9.17, 15) is 0 Å². The van der Waals surface area contributed by atoms with Gasteiger partial charge in [0.25, 0.3) is 0 Å². The minimum Gasteiger partial charge on any atom is -0.439 e. The van der Waals surface area contributed by atoms with Crippen molar-refractivity contribution in [3.63, 3.8) is 0 Å². The van der Waals surface area contributed by atoms with Crippen LogP contribution < -0.4 is 14.5 Å². The first-order valence-electron chi connectivity index (χ1n) is 18.0. The second-order valence-corrected chi connectivity index (χ2v) is 16.0. The lowest BCUT2D eigenvalue weighted by Crippen LogP contribution is -2.23. The molecule has 5 heterocycles. The van der Waals surface area contributed by atoms with Crippen LogP contribution in [0.4, 0.5) is 17.1 Å². The van der Waals surface area contributed by atoms with E-state index >= 15 is 0 Å². The molecule has 0 bridgehead atoms. The predicted molar refractivity (Wildman–Crippen MR) is 222 cm³/mol. The molecule has 7 heteroatoms. The van der Waals surface area contributed by atoms with E-state index in [1.54, 1.807) is 0 Å². The average molecular weight is 708 g/mol. The van der Waals surface area contributed by atoms with Crippen LogP contribution in [0.1, 0.15) is 26.3 Å². The summed E-state index contributed by atoms with van der Waals surface area (Å²) in [6.07, 6.45) is 3.75. The van der Waals surface area contributed by atoms with Gasteiger partial charge < -0.3 is 14.5 Å². The van der Waals surface area contributed by atoms with Crippen LogP contribution in [0.15, 0.2) is 140 Å². The molecule has 1 aliphatic heterocycles. The molecule has 0 amide bonds. The number of rotatable bonds is 5. The Morgan fingerprint density at radius 1 is 0.660 bits per heavy atom. The first-order valence-corrected chi connectivity index (χ1v) is 18.8. The average Bonchev–Trinajstić information content (AvgIpc) is 3.83. The molecule has 0 fully saturated rings. The van der Waals surface area contributed by atoms with Crippen LogP contribution >= 0.6 is 11.3 Å². The highest BCUT2D eigenvalue weighted by atomic mass is 32.1. The highest BCUT2D eigenvalue weighted by Gasteiger charge is 2.25. The van der Waals surface area contributed by atoms with Crippen molar-refractivity contribution in [2.24, 2.45) is 0 Å². The minimum atomic E-state index is -0.0266. The molecule has 258 valence electrons. The van der Waals surface area contributed by atoms with Crippen molar-refractivity contribution in [3.8, 4) is 28.6 Å². The number of hydrogen-bond acceptors (Lipinski definition) is 6. The highest BCUT2D eigenvalue weighted by Crippen LogP contribution is 2.43. The van der Waals surface area contributed by atoms with Crippen molar-refractivity contribution in [2.75, 3.05) is 23.5 Å². The summed E-state index contributed by atoms with van der Waals surface area (Å²) >= 11 is 1.85. The summed E-state index contributed by atoms with van der Waals surface area (Å²) in [6, 6.07) is 45.4. The largest absolute Gasteiger partial charge is 0.439 e. The van der Waals surface area contributed by atoms with Crippen LogP contribution in [0.3, 0.4) is 0 Å². The monoisotopic (exact) mass is 707 g/mol. The van der Waals surface area contributed by atoms with Gasteiger partial charge in [-0.15, -0.1) is 11.3 Å². The van der Waals surface area contributed by atoms with Crippen molar-refractivity contribution in [2.45, 2.75) is 26.2 Å². The van der Waals surface area contributed by atoms with E-state index in [1.165, 1.54) is 53.6 Å². The third kappa shape index (κ3) is 5.22. The standard InChI is InChI=1S/C46H37N5OS/c1-46(2,3)30-20-22-47-43(25-30)51-37-19-16-29(33-11-9-15-42-45(33)35-10-5-8-14-41(35)53-42)24-36(37)34-18-17-32(27-40(34)51)52-44-26-31(21-23-48-44)50-28-49(4)38-12-6-7-13-39(38)50/h5-27H,28H2,1-4H3. The van der Waals surface area contributed by atoms with E-state index in [0.717, 1.165) is 34.6 Å². The SMILES string of the molecule is CN1CN(c2ccnc(Oc3ccc4c5cc(-c6cccc7sc8ccccc8c67)ccc5n(-c5cc(C(C)(C)C)ccn5)c4c3)c2)c2ccccc21. The molecule has 0 aliphatic carbocycles. The zero-order valence-corrected chi connectivity index (χ0v) is 30.9. The Hall–Kier alpha value is -6.18. The van der Waals surface area contributed by atoms with Crippen LogP contribution in [0, 0.1) is 0 Å². The fourth-order valence-corrected chi connectivity index (χ4v) is 8.98. The molecule has 0 spiro atoms. The third-order valence-electron chi connectivity index (χ3n) is 10.5. The molecule has 0 unspecified atom stereocenters. The van der Waals surface area contributed by atoms with Gasteiger partial charge in [0.2, 0.25) is 5.88 Å². The fourth-order valence-electron chi connectivity index (χ4n) is 7.84. The second-order valence-electron chi connectivity index (χ2n) is 14.9. The van der Waals surface area contributed by atoms with Gasteiger partial charge in [0.05, 0.1) is 29.1 Å². The van der Waals surface area contributed by atoms with E-state index in [-0.39, 0.29) is 5.41 Å². The zero-order valence-electron chi connectivity index (χ0n) is 30.0. The molecule has 5 aromatic carbocycles. The lowest BCUT2D eigenvalue weighted by molar-refractivity contribution is 0.463. The molecule has 1 aliphatic rings. The lowest BCUT2D eigenvalue weighted by Gasteiger charge is -2.20. The van der Waals surface area contributed by atoms with Gasteiger partial charge >= 0.3 is 0 Å². The highest BCUT2D eigenvalue weighted by molar-refractivity contribution is 7.25. The molecule has 4 aromatic heterocycles. The predicted octanol–water partition coefficient (Wildman–Crippen LogP) is 12.2. The summed E-state index contributed by atoms with van der Waals surface area (Å²) in [7, 11) is 2.12. The van der Waals surface area contributed by atoms with Gasteiger partial charge in [-0.1, -0.05) is 69.3 Å². The molecule has 0 radical (unpaired) electrons. The van der Waals surface area contributed by atoms with Crippen molar-refractivity contribution in [1.82, 2.24) is 14.5 Å². The Kier molecular flexibility index (Phi) is 7.10. The van der Waals surface area contributed by atoms with Gasteiger partial charge in [0.15, 0.2) is 0 Å². The number of fused-ring (bicyclic) bond motifs is 7. The Morgan fingerprint density at radius 2 is 1.47 bits per heavy atom. The van der Waals surface area contributed by atoms with E-state index < -0.39 is 0 Å². The van der Waals surface area contributed by atoms with Crippen LogP contribution in [-0.4, -0.2) is 28.3 Å². The van der Waals surface area contributed by atoms with E-state index in [1.807, 2.05) is 35.9 Å². The van der Waals surface area contributed by atoms with Crippen molar-refractivity contribution < 1.29 is 4.74 Å². The van der Waals surface area contributed by atoms with Crippen LogP contribution in [-0.2, 0) is 5.41 Å². The summed E-state index contributed by atoms with van der Waals surface area (Å²) < 4.78 is 11.4. The topological polar surface area (TPSA) is 46.4 Å². The molecule has 9 aromatic rings. The first kappa shape index (κ1) is 31.5. The molecule has 0 atom stereocenters. The number of ether oxygens (including phenoxy) is 1. The Bertz CT molecular complexity index is 2880. The number of thiophene rings is 1. The van der Waals surface area contributed by atoms with Crippen molar-refractivity contribution in [3.05, 3.63) is 145 Å². The summed E-state index contributed by atoms with van der Waals surface area (Å²) in [6.45, 7) is 7.48. The van der Waals surface area contributed by atoms with Crippen molar-refractivity contribution >= 4 is 70.4 Å². The summed E-state index contributed by atoms with van der Waals surface area (Å²) in [5.41, 5.74) is 9.17. The number of hydrogen-bond donors (Lipinski definition) is 0. The number of para-hydroxylation sites is 2. The van der Waals surface area contributed by atoms with E-state index in [0.29, 0.717) is 11.6 Å². The van der Waals surface area contributed by atoms with Gasteiger partial charge in [0, 0.05) is 68.2 Å². The molecule has 53 heavy (non-hydrogen) atoms. The van der Waals surface area contributed by atoms with Gasteiger partial charge in [0.1, 0.15) is 11.6 Å². The van der Waals surface area contributed by atoms with Crippen molar-refractivity contribution in [1.29, 1.82) is 0 Å². The maximum atomic E-state index is 6.56. The second kappa shape index (κ2) is 11.9. The molecule has 0 saturated heterocycles. The van der Waals surface area contributed by atoms with Crippen LogP contribution in [0.2, 0.25) is 0 Å². The number of aromatic nitrogens is 3. The third-order valence-corrected chi connectivity index (χ3v) is 11.6. The number of anilines is 3. The number of pyridine rings is 2. The lowest BCUT2D eigenvalue weighted by atomic mass is 9.88. The van der Waals surface area contributed by atoms with Crippen LogP contribution in [0.5, 0.6) is 11.6 Å². The quantitative estimate of drug-likeness (QED) is 0.178. The normalized spacial score (nSPS) is 13.1. The summed E-state index contributed by atoms with van der Waals surface area (Å²) in [5.74, 6) is 2.14. The summed E-state index contributed by atoms with van der Waals surface area (Å²) in [4.78, 5) is 14.1. The Labute approximate surface area is 312 Å². The molecule has 6 nitrogen and oxygen atoms in total. The van der Waals surface area contributed by atoms with Gasteiger partial charge in [-0.2, -0.15) is 0 Å². The molecule has 0 saturated carbocycles. The zero-order chi connectivity index (χ0) is 35.8. The fraction of sp³-hybridized carbons (Fsp3) is 0.130. The Balaban J connectivity index is 1.11. The number of benzene rings is 5. The van der Waals surface area contributed by atoms with E-state index in [2.05, 4.69) is 162 Å². The molecule has 10 rings (SSSR count). The maximum Gasteiger partial charge on any atom is 0.221 e. The van der Waals surface area contributed by atoms with Crippen LogP contribution in [0.25, 0.3) is 58.9 Å². The Morgan fingerprint density at radius 3 is 2.36 bits per heavy atom. The minimum absolute atomic E-state index is 0.0266. The molecule has 0 N–H and O–H groups in total. The van der Waals surface area contributed by atoms with Gasteiger partial charge in [-0.05, 0) is 88.8 Å². The van der Waals surface area contributed by atoms with E-state index in [4.69, 9.17) is 9.72 Å². The smallest absolute Gasteiger partial charge is 0.221 e. The maximum absolute atomic E-state index is 6.56. The van der Waals surface area contributed by atoms with Gasteiger partial charge in [-0.3, -0.25) is 4.57 Å². The van der Waals surface area contributed by atoms with Gasteiger partial charge in [-0.25, -0.2) is 9.97 Å². The first-order chi connectivity index (χ1) is 25.8. The summed E-state index contributed by atoms with van der Waals surface area (Å²) in [5, 5.41) is 4.91. The molecular formula is C46H37N5OS.